The van der Waals surface area contributed by atoms with Crippen LogP contribution < -0.4 is 5.43 Å². The first-order valence-corrected chi connectivity index (χ1v) is 5.93. The molecule has 18 heavy (non-hydrogen) atoms. The lowest BCUT2D eigenvalue weighted by Gasteiger charge is -2.04. The largest absolute Gasteiger partial charge is 0.435 e. The summed E-state index contributed by atoms with van der Waals surface area (Å²) in [5.74, 6) is 0.504. The van der Waals surface area contributed by atoms with Crippen molar-refractivity contribution in [3.63, 3.8) is 0 Å². The molecule has 0 aliphatic heterocycles. The van der Waals surface area contributed by atoms with E-state index in [0.29, 0.717) is 5.89 Å². The van der Waals surface area contributed by atoms with Gasteiger partial charge in [-0.05, 0) is 31.1 Å². The van der Waals surface area contributed by atoms with Gasteiger partial charge in [0.05, 0.1) is 5.70 Å². The van der Waals surface area contributed by atoms with Crippen LogP contribution in [0.3, 0.4) is 0 Å². The molecule has 0 saturated carbocycles. The number of fused-ring (bicyclic) bond motifs is 1. The fraction of sp³-hybridized carbons (Fsp3) is 0.143. The maximum Gasteiger partial charge on any atom is 0.240 e. The van der Waals surface area contributed by atoms with Crippen molar-refractivity contribution >= 4 is 17.3 Å². The third-order valence-corrected chi connectivity index (χ3v) is 2.67. The van der Waals surface area contributed by atoms with Crippen LogP contribution >= 0.6 is 0 Å². The Kier molecular flexibility index (Phi) is 2.92. The van der Waals surface area contributed by atoms with E-state index in [1.807, 2.05) is 30.3 Å². The smallest absolute Gasteiger partial charge is 0.240 e. The predicted octanol–water partition coefficient (Wildman–Crippen LogP) is 2.99. The third-order valence-electron chi connectivity index (χ3n) is 2.67. The molecule has 3 rings (SSSR count). The predicted molar refractivity (Wildman–Crippen MR) is 71.2 cm³/mol. The van der Waals surface area contributed by atoms with Crippen molar-refractivity contribution in [3.8, 4) is 0 Å². The second-order valence-electron chi connectivity index (χ2n) is 4.03. The summed E-state index contributed by atoms with van der Waals surface area (Å²) in [7, 11) is 0. The maximum atomic E-state index is 5.52. The zero-order chi connectivity index (χ0) is 12.2. The van der Waals surface area contributed by atoms with Gasteiger partial charge in [-0.15, -0.1) is 0 Å². The first-order valence-electron chi connectivity index (χ1n) is 5.93. The minimum absolute atomic E-state index is 0.504. The average molecular weight is 239 g/mol. The van der Waals surface area contributed by atoms with Crippen molar-refractivity contribution in [1.29, 1.82) is 0 Å². The van der Waals surface area contributed by atoms with Crippen molar-refractivity contribution in [2.24, 2.45) is 5.10 Å². The Morgan fingerprint density at radius 2 is 2.22 bits per heavy atom. The molecule has 1 aromatic heterocycles. The van der Waals surface area contributed by atoms with Crippen molar-refractivity contribution < 1.29 is 4.42 Å². The minimum Gasteiger partial charge on any atom is -0.435 e. The highest BCUT2D eigenvalue weighted by Gasteiger charge is 2.01. The van der Waals surface area contributed by atoms with Crippen molar-refractivity contribution in [1.82, 2.24) is 10.4 Å². The monoisotopic (exact) mass is 239 g/mol. The van der Waals surface area contributed by atoms with E-state index < -0.39 is 0 Å². The quantitative estimate of drug-likeness (QED) is 0.661. The summed E-state index contributed by atoms with van der Waals surface area (Å²) in [4.78, 5) is 4.30. The normalized spacial score (nSPS) is 15.2. The number of oxazole rings is 1. The fourth-order valence-corrected chi connectivity index (χ4v) is 1.80. The molecule has 0 spiro atoms. The van der Waals surface area contributed by atoms with Gasteiger partial charge >= 0.3 is 0 Å². The highest BCUT2D eigenvalue weighted by atomic mass is 16.3. The van der Waals surface area contributed by atoms with E-state index in [9.17, 15) is 0 Å². The molecule has 1 aliphatic rings. The molecule has 90 valence electrons. The number of aromatic nitrogens is 1. The molecule has 0 unspecified atom stereocenters. The summed E-state index contributed by atoms with van der Waals surface area (Å²) in [6, 6.07) is 7.65. The van der Waals surface area contributed by atoms with Crippen molar-refractivity contribution in [3.05, 3.63) is 54.1 Å². The maximum absolute atomic E-state index is 5.52. The lowest BCUT2D eigenvalue weighted by molar-refractivity contribution is 0.592. The summed E-state index contributed by atoms with van der Waals surface area (Å²) in [6.07, 6.45) is 9.99. The Bertz CT molecular complexity index is 604. The Labute approximate surface area is 105 Å². The molecule has 1 aliphatic carbocycles. The molecule has 0 saturated heterocycles. The molecule has 4 heteroatoms. The Balaban J connectivity index is 1.72. The number of rotatable bonds is 3. The molecular formula is C14H13N3O. The molecule has 0 fully saturated rings. The van der Waals surface area contributed by atoms with Gasteiger partial charge in [0.25, 0.3) is 0 Å². The van der Waals surface area contributed by atoms with E-state index in [2.05, 4.69) is 27.7 Å². The second-order valence-corrected chi connectivity index (χ2v) is 4.03. The highest BCUT2D eigenvalue weighted by Crippen LogP contribution is 2.13. The first-order chi connectivity index (χ1) is 8.92. The first kappa shape index (κ1) is 10.8. The van der Waals surface area contributed by atoms with Gasteiger partial charge in [0.1, 0.15) is 11.7 Å². The van der Waals surface area contributed by atoms with Crippen LogP contribution in [0.1, 0.15) is 18.7 Å². The number of benzene rings is 1. The molecule has 0 atom stereocenters. The number of nitrogens with zero attached hydrogens (tertiary/aromatic N) is 2. The molecule has 0 bridgehead atoms. The van der Waals surface area contributed by atoms with Gasteiger partial charge < -0.3 is 4.42 Å². The minimum atomic E-state index is 0.504. The van der Waals surface area contributed by atoms with Crippen LogP contribution in [0.4, 0.5) is 0 Å². The van der Waals surface area contributed by atoms with Gasteiger partial charge in [0.2, 0.25) is 5.89 Å². The van der Waals surface area contributed by atoms with Crippen molar-refractivity contribution in [2.45, 2.75) is 12.8 Å². The fourth-order valence-electron chi connectivity index (χ4n) is 1.80. The summed E-state index contributed by atoms with van der Waals surface area (Å²) in [5.41, 5.74) is 5.58. The molecule has 1 aromatic carbocycles. The van der Waals surface area contributed by atoms with E-state index in [-0.39, 0.29) is 0 Å². The van der Waals surface area contributed by atoms with Gasteiger partial charge in [0.15, 0.2) is 5.58 Å². The average Bonchev–Trinajstić information content (AvgIpc) is 2.82. The Morgan fingerprint density at radius 3 is 3.06 bits per heavy atom. The van der Waals surface area contributed by atoms with Gasteiger partial charge in [-0.1, -0.05) is 24.3 Å². The van der Waals surface area contributed by atoms with Crippen LogP contribution in [0.5, 0.6) is 0 Å². The molecule has 1 N–H and O–H groups in total. The standard InChI is InChI=1S/C14H13N3O/c1-2-6-11(7-3-1)17-15-10-14-16-12-8-4-5-9-13(12)18-14/h2,4-10,17H,1,3H2/b15-10+. The molecule has 2 aromatic rings. The summed E-state index contributed by atoms with van der Waals surface area (Å²) >= 11 is 0. The van der Waals surface area contributed by atoms with E-state index in [4.69, 9.17) is 4.42 Å². The van der Waals surface area contributed by atoms with Gasteiger partial charge in [-0.3, -0.25) is 5.43 Å². The molecular weight excluding hydrogens is 226 g/mol. The van der Waals surface area contributed by atoms with Gasteiger partial charge in [0, 0.05) is 0 Å². The third kappa shape index (κ3) is 2.32. The number of para-hydroxylation sites is 2. The number of hydrogen-bond acceptors (Lipinski definition) is 4. The number of nitrogens with one attached hydrogen (secondary N) is 1. The van der Waals surface area contributed by atoms with Gasteiger partial charge in [-0.25, -0.2) is 4.98 Å². The Hall–Kier alpha value is -2.36. The number of hydrazone groups is 1. The van der Waals surface area contributed by atoms with Crippen LogP contribution in [-0.2, 0) is 0 Å². The lowest BCUT2D eigenvalue weighted by atomic mass is 10.2. The highest BCUT2D eigenvalue weighted by molar-refractivity contribution is 5.80. The van der Waals surface area contributed by atoms with Crippen LogP contribution in [0, 0.1) is 0 Å². The van der Waals surface area contributed by atoms with E-state index in [0.717, 1.165) is 29.6 Å². The molecule has 1 heterocycles. The zero-order valence-corrected chi connectivity index (χ0v) is 9.84. The van der Waals surface area contributed by atoms with Gasteiger partial charge in [-0.2, -0.15) is 5.10 Å². The lowest BCUT2D eigenvalue weighted by Crippen LogP contribution is -2.05. The summed E-state index contributed by atoms with van der Waals surface area (Å²) < 4.78 is 5.52. The Morgan fingerprint density at radius 1 is 1.28 bits per heavy atom. The molecule has 4 nitrogen and oxygen atoms in total. The number of hydrogen-bond donors (Lipinski definition) is 1. The second kappa shape index (κ2) is 4.87. The number of allylic oxidation sites excluding steroid dienone is 3. The molecule has 0 radical (unpaired) electrons. The summed E-state index contributed by atoms with van der Waals surface area (Å²) in [6.45, 7) is 0. The van der Waals surface area contributed by atoms with Crippen LogP contribution in [0.25, 0.3) is 11.1 Å². The SMILES string of the molecule is C1=CC(N/N=C/c2nc3ccccc3o2)=CCC1. The van der Waals surface area contributed by atoms with E-state index in [1.165, 1.54) is 0 Å². The topological polar surface area (TPSA) is 50.4 Å². The van der Waals surface area contributed by atoms with Crippen molar-refractivity contribution in [2.75, 3.05) is 0 Å². The van der Waals surface area contributed by atoms with Crippen LogP contribution in [0.15, 0.2) is 57.7 Å². The summed E-state index contributed by atoms with van der Waals surface area (Å²) in [5, 5.41) is 4.11. The zero-order valence-electron chi connectivity index (χ0n) is 9.84. The van der Waals surface area contributed by atoms with Crippen LogP contribution in [-0.4, -0.2) is 11.2 Å². The van der Waals surface area contributed by atoms with Crippen LogP contribution in [0.2, 0.25) is 0 Å². The molecule has 0 amide bonds. The van der Waals surface area contributed by atoms with E-state index in [1.54, 1.807) is 6.21 Å². The van der Waals surface area contributed by atoms with E-state index >= 15 is 0 Å².